The number of urea groups is 1. The van der Waals surface area contributed by atoms with E-state index in [4.69, 9.17) is 5.26 Å². The zero-order chi connectivity index (χ0) is 9.26. The van der Waals surface area contributed by atoms with E-state index in [0.29, 0.717) is 6.04 Å². The maximum atomic E-state index is 11.5. The molecule has 0 aromatic carbocycles. The minimum Gasteiger partial charge on any atom is -0.335 e. The quantitative estimate of drug-likeness (QED) is 0.648. The first kappa shape index (κ1) is 8.36. The van der Waals surface area contributed by atoms with Gasteiger partial charge in [0.05, 0.1) is 6.07 Å². The number of carbonyl (C=O) groups is 1. The summed E-state index contributed by atoms with van der Waals surface area (Å²) in [4.78, 5) is 13.2. The average Bonchev–Trinajstić information content (AvgIpc) is 2.82. The molecule has 2 rings (SSSR count). The van der Waals surface area contributed by atoms with Crippen LogP contribution in [0.15, 0.2) is 0 Å². The molecule has 1 unspecified atom stereocenters. The molecule has 1 aliphatic heterocycles. The molecule has 4 nitrogen and oxygen atoms in total. The second-order valence-corrected chi connectivity index (χ2v) is 3.70. The first-order valence-electron chi connectivity index (χ1n) is 4.78. The number of carbonyl (C=O) groups excluding carboxylic acids is 1. The minimum atomic E-state index is -0.196. The van der Waals surface area contributed by atoms with E-state index in [0.717, 1.165) is 32.2 Å². The molecule has 0 bridgehead atoms. The molecule has 0 spiro atoms. The van der Waals surface area contributed by atoms with Crippen molar-refractivity contribution in [1.82, 2.24) is 10.2 Å². The standard InChI is InChI=1S/C9H13N3O/c10-6-8-2-1-5-12(8)9(13)11-7-3-4-7/h7-8H,1-5H2,(H,11,13). The lowest BCUT2D eigenvalue weighted by atomic mass is 10.2. The van der Waals surface area contributed by atoms with Crippen molar-refractivity contribution in [2.24, 2.45) is 0 Å². The van der Waals surface area contributed by atoms with Crippen molar-refractivity contribution in [3.8, 4) is 6.07 Å². The largest absolute Gasteiger partial charge is 0.335 e. The molecule has 13 heavy (non-hydrogen) atoms. The highest BCUT2D eigenvalue weighted by Crippen LogP contribution is 2.21. The van der Waals surface area contributed by atoms with Crippen LogP contribution < -0.4 is 5.32 Å². The Labute approximate surface area is 77.5 Å². The average molecular weight is 179 g/mol. The van der Waals surface area contributed by atoms with Crippen LogP contribution in [-0.4, -0.2) is 29.6 Å². The Morgan fingerprint density at radius 2 is 2.23 bits per heavy atom. The van der Waals surface area contributed by atoms with Crippen LogP contribution in [0.25, 0.3) is 0 Å². The second-order valence-electron chi connectivity index (χ2n) is 3.70. The van der Waals surface area contributed by atoms with E-state index in [1.54, 1.807) is 4.90 Å². The van der Waals surface area contributed by atoms with Crippen LogP contribution in [0.3, 0.4) is 0 Å². The molecule has 0 aromatic rings. The summed E-state index contributed by atoms with van der Waals surface area (Å²) in [5.41, 5.74) is 0. The Morgan fingerprint density at radius 1 is 1.46 bits per heavy atom. The predicted octanol–water partition coefficient (Wildman–Crippen LogP) is 0.846. The molecule has 1 aliphatic carbocycles. The highest BCUT2D eigenvalue weighted by atomic mass is 16.2. The van der Waals surface area contributed by atoms with Gasteiger partial charge in [0.25, 0.3) is 0 Å². The van der Waals surface area contributed by atoms with Gasteiger partial charge in [0.15, 0.2) is 0 Å². The fourth-order valence-electron chi connectivity index (χ4n) is 1.63. The van der Waals surface area contributed by atoms with Gasteiger partial charge in [0.1, 0.15) is 6.04 Å². The zero-order valence-corrected chi connectivity index (χ0v) is 7.49. The van der Waals surface area contributed by atoms with E-state index >= 15 is 0 Å². The van der Waals surface area contributed by atoms with Gasteiger partial charge in [-0.1, -0.05) is 0 Å². The van der Waals surface area contributed by atoms with Crippen molar-refractivity contribution in [3.63, 3.8) is 0 Å². The third kappa shape index (κ3) is 1.74. The summed E-state index contributed by atoms with van der Waals surface area (Å²) in [6.07, 6.45) is 3.97. The van der Waals surface area contributed by atoms with Crippen LogP contribution in [0.1, 0.15) is 25.7 Å². The van der Waals surface area contributed by atoms with Crippen LogP contribution >= 0.6 is 0 Å². The van der Waals surface area contributed by atoms with Crippen molar-refractivity contribution >= 4 is 6.03 Å². The molecule has 70 valence electrons. The van der Waals surface area contributed by atoms with Gasteiger partial charge in [-0.2, -0.15) is 5.26 Å². The maximum absolute atomic E-state index is 11.5. The number of likely N-dealkylation sites (tertiary alicyclic amines) is 1. The Morgan fingerprint density at radius 3 is 2.85 bits per heavy atom. The molecular formula is C9H13N3O. The fraction of sp³-hybridized carbons (Fsp3) is 0.778. The van der Waals surface area contributed by atoms with E-state index in [9.17, 15) is 4.79 Å². The van der Waals surface area contributed by atoms with Crippen molar-refractivity contribution in [3.05, 3.63) is 0 Å². The molecule has 2 aliphatic rings. The van der Waals surface area contributed by atoms with Gasteiger partial charge in [0.2, 0.25) is 0 Å². The van der Waals surface area contributed by atoms with Gasteiger partial charge < -0.3 is 10.2 Å². The van der Waals surface area contributed by atoms with E-state index in [1.807, 2.05) is 0 Å². The van der Waals surface area contributed by atoms with Gasteiger partial charge in [0, 0.05) is 12.6 Å². The lowest BCUT2D eigenvalue weighted by molar-refractivity contribution is 0.201. The van der Waals surface area contributed by atoms with Crippen LogP contribution in [-0.2, 0) is 0 Å². The van der Waals surface area contributed by atoms with E-state index < -0.39 is 0 Å². The molecular weight excluding hydrogens is 166 g/mol. The molecule has 0 aromatic heterocycles. The Bertz CT molecular complexity index is 254. The van der Waals surface area contributed by atoms with Crippen LogP contribution in [0.5, 0.6) is 0 Å². The van der Waals surface area contributed by atoms with Crippen LogP contribution in [0, 0.1) is 11.3 Å². The Balaban J connectivity index is 1.90. The molecule has 0 radical (unpaired) electrons. The first-order chi connectivity index (χ1) is 6.31. The minimum absolute atomic E-state index is 0.0495. The number of amides is 2. The third-order valence-electron chi connectivity index (χ3n) is 2.57. The number of nitrogens with zero attached hydrogens (tertiary/aromatic N) is 2. The summed E-state index contributed by atoms with van der Waals surface area (Å²) in [6, 6.07) is 2.29. The van der Waals surface area contributed by atoms with E-state index in [2.05, 4.69) is 11.4 Å². The molecule has 2 fully saturated rings. The van der Waals surface area contributed by atoms with Crippen molar-refractivity contribution in [1.29, 1.82) is 5.26 Å². The van der Waals surface area contributed by atoms with Crippen LogP contribution in [0.2, 0.25) is 0 Å². The summed E-state index contributed by atoms with van der Waals surface area (Å²) in [6.45, 7) is 0.733. The van der Waals surface area contributed by atoms with Gasteiger partial charge in [-0.3, -0.25) is 0 Å². The summed E-state index contributed by atoms with van der Waals surface area (Å²) in [7, 11) is 0. The van der Waals surface area contributed by atoms with Gasteiger partial charge in [-0.25, -0.2) is 4.79 Å². The van der Waals surface area contributed by atoms with Crippen LogP contribution in [0.4, 0.5) is 4.79 Å². The molecule has 1 saturated heterocycles. The SMILES string of the molecule is N#CC1CCCN1C(=O)NC1CC1. The van der Waals surface area contributed by atoms with E-state index in [1.165, 1.54) is 0 Å². The number of hydrogen-bond donors (Lipinski definition) is 1. The fourth-order valence-corrected chi connectivity index (χ4v) is 1.63. The Hall–Kier alpha value is -1.24. The van der Waals surface area contributed by atoms with E-state index in [-0.39, 0.29) is 12.1 Å². The summed E-state index contributed by atoms with van der Waals surface area (Å²) in [5.74, 6) is 0. The van der Waals surface area contributed by atoms with Crippen molar-refractivity contribution < 1.29 is 4.79 Å². The predicted molar refractivity (Wildman–Crippen MR) is 46.9 cm³/mol. The Kier molecular flexibility index (Phi) is 2.09. The number of nitrogens with one attached hydrogen (secondary N) is 1. The number of hydrogen-bond acceptors (Lipinski definition) is 2. The van der Waals surface area contributed by atoms with Crippen molar-refractivity contribution in [2.45, 2.75) is 37.8 Å². The van der Waals surface area contributed by atoms with Gasteiger partial charge in [-0.05, 0) is 25.7 Å². The number of rotatable bonds is 1. The summed E-state index contributed by atoms with van der Waals surface area (Å²) in [5, 5.41) is 11.7. The lowest BCUT2D eigenvalue weighted by Crippen LogP contribution is -2.43. The molecule has 4 heteroatoms. The first-order valence-corrected chi connectivity index (χ1v) is 4.78. The molecule has 2 amide bonds. The lowest BCUT2D eigenvalue weighted by Gasteiger charge is -2.19. The van der Waals surface area contributed by atoms with Crippen molar-refractivity contribution in [2.75, 3.05) is 6.54 Å². The molecule has 1 N–H and O–H groups in total. The second kappa shape index (κ2) is 3.25. The zero-order valence-electron chi connectivity index (χ0n) is 7.49. The maximum Gasteiger partial charge on any atom is 0.318 e. The highest BCUT2D eigenvalue weighted by molar-refractivity contribution is 5.75. The topological polar surface area (TPSA) is 56.1 Å². The molecule has 1 atom stereocenters. The third-order valence-corrected chi connectivity index (χ3v) is 2.57. The summed E-state index contributed by atoms with van der Waals surface area (Å²) >= 11 is 0. The normalized spacial score (nSPS) is 27.0. The van der Waals surface area contributed by atoms with Gasteiger partial charge >= 0.3 is 6.03 Å². The smallest absolute Gasteiger partial charge is 0.318 e. The summed E-state index contributed by atoms with van der Waals surface area (Å²) < 4.78 is 0. The monoisotopic (exact) mass is 179 g/mol. The van der Waals surface area contributed by atoms with Gasteiger partial charge in [-0.15, -0.1) is 0 Å². The molecule has 1 heterocycles. The number of nitriles is 1. The highest BCUT2D eigenvalue weighted by Gasteiger charge is 2.32. The molecule has 1 saturated carbocycles.